The summed E-state index contributed by atoms with van der Waals surface area (Å²) in [7, 11) is 0. The first-order valence-corrected chi connectivity index (χ1v) is 4.74. The Hall–Kier alpha value is 0.310. The smallest absolute Gasteiger partial charge is 0.0260 e. The van der Waals surface area contributed by atoms with Gasteiger partial charge in [0.15, 0.2) is 0 Å². The molecule has 0 aliphatic carbocycles. The number of rotatable bonds is 0. The van der Waals surface area contributed by atoms with Gasteiger partial charge in [0.1, 0.15) is 0 Å². The number of hydrogen-bond acceptors (Lipinski definition) is 2. The van der Waals surface area contributed by atoms with Gasteiger partial charge in [-0.25, -0.2) is 0 Å². The van der Waals surface area contributed by atoms with Crippen molar-refractivity contribution in [1.29, 1.82) is 0 Å². The fourth-order valence-corrected chi connectivity index (χ4v) is 2.91. The van der Waals surface area contributed by atoms with E-state index < -0.39 is 0 Å². The molecule has 1 nitrogen and oxygen atoms in total. The molecule has 0 aromatic carbocycles. The van der Waals surface area contributed by atoms with Gasteiger partial charge in [-0.15, -0.1) is 0 Å². The van der Waals surface area contributed by atoms with E-state index in [0.29, 0.717) is 11.5 Å². The van der Waals surface area contributed by atoms with Crippen molar-refractivity contribution in [2.45, 2.75) is 38.5 Å². The van der Waals surface area contributed by atoms with Crippen molar-refractivity contribution in [1.82, 2.24) is 0 Å². The molecule has 1 atom stereocenters. The normalized spacial score (nSPS) is 36.3. The third kappa shape index (κ3) is 1.19. The average molecular weight is 159 g/mol. The molecular weight excluding hydrogens is 142 g/mol. The van der Waals surface area contributed by atoms with Crippen LogP contribution in [0.5, 0.6) is 0 Å². The molecule has 0 radical (unpaired) electrons. The molecule has 60 valence electrons. The van der Waals surface area contributed by atoms with Crippen molar-refractivity contribution in [2.24, 2.45) is 11.1 Å². The van der Waals surface area contributed by atoms with E-state index in [1.165, 1.54) is 5.75 Å². The van der Waals surface area contributed by atoms with Crippen LogP contribution in [-0.4, -0.2) is 16.5 Å². The lowest BCUT2D eigenvalue weighted by Gasteiger charge is -2.30. The van der Waals surface area contributed by atoms with Gasteiger partial charge < -0.3 is 5.73 Å². The molecule has 2 N–H and O–H groups in total. The lowest BCUT2D eigenvalue weighted by molar-refractivity contribution is 0.310. The standard InChI is InChI=1S/C8H17NS/c1-7(2)5-10-8(3,4)6(7)9/h6H,5,9H2,1-4H3. The van der Waals surface area contributed by atoms with E-state index in [4.69, 9.17) is 5.73 Å². The van der Waals surface area contributed by atoms with Crippen LogP contribution in [0, 0.1) is 5.41 Å². The fourth-order valence-electron chi connectivity index (χ4n) is 1.49. The molecule has 0 amide bonds. The topological polar surface area (TPSA) is 26.0 Å². The summed E-state index contributed by atoms with van der Waals surface area (Å²) in [6, 6.07) is 0.338. The highest BCUT2D eigenvalue weighted by molar-refractivity contribution is 8.01. The maximum Gasteiger partial charge on any atom is 0.0260 e. The Morgan fingerprint density at radius 3 is 1.90 bits per heavy atom. The highest BCUT2D eigenvalue weighted by Gasteiger charge is 2.45. The lowest BCUT2D eigenvalue weighted by atomic mass is 9.81. The minimum atomic E-state index is 0.281. The number of nitrogens with two attached hydrogens (primary N) is 1. The maximum absolute atomic E-state index is 6.07. The van der Waals surface area contributed by atoms with E-state index in [1.807, 2.05) is 11.8 Å². The van der Waals surface area contributed by atoms with Crippen molar-refractivity contribution in [3.63, 3.8) is 0 Å². The monoisotopic (exact) mass is 159 g/mol. The van der Waals surface area contributed by atoms with Crippen LogP contribution in [0.4, 0.5) is 0 Å². The molecule has 0 spiro atoms. The highest BCUT2D eigenvalue weighted by atomic mass is 32.2. The van der Waals surface area contributed by atoms with Crippen LogP contribution in [0.1, 0.15) is 27.7 Å². The van der Waals surface area contributed by atoms with Crippen molar-refractivity contribution in [3.8, 4) is 0 Å². The largest absolute Gasteiger partial charge is 0.326 e. The molecular formula is C8H17NS. The predicted molar refractivity (Wildman–Crippen MR) is 48.3 cm³/mol. The van der Waals surface area contributed by atoms with Crippen molar-refractivity contribution in [2.75, 3.05) is 5.75 Å². The molecule has 1 saturated heterocycles. The van der Waals surface area contributed by atoms with Crippen LogP contribution in [0.2, 0.25) is 0 Å². The lowest BCUT2D eigenvalue weighted by Crippen LogP contribution is -2.45. The van der Waals surface area contributed by atoms with E-state index in [0.717, 1.165) is 0 Å². The van der Waals surface area contributed by atoms with Gasteiger partial charge in [-0.2, -0.15) is 11.8 Å². The first-order chi connectivity index (χ1) is 4.36. The van der Waals surface area contributed by atoms with Crippen molar-refractivity contribution < 1.29 is 0 Å². The Morgan fingerprint density at radius 2 is 1.80 bits per heavy atom. The quantitative estimate of drug-likeness (QED) is 0.584. The summed E-state index contributed by atoms with van der Waals surface area (Å²) < 4.78 is 0.281. The summed E-state index contributed by atoms with van der Waals surface area (Å²) in [6.45, 7) is 8.97. The predicted octanol–water partition coefficient (Wildman–Crippen LogP) is 1.87. The van der Waals surface area contributed by atoms with Crippen LogP contribution in [-0.2, 0) is 0 Å². The molecule has 0 aromatic heterocycles. The van der Waals surface area contributed by atoms with Crippen LogP contribution in [0.25, 0.3) is 0 Å². The van der Waals surface area contributed by atoms with E-state index >= 15 is 0 Å². The van der Waals surface area contributed by atoms with Crippen LogP contribution in [0.15, 0.2) is 0 Å². The van der Waals surface area contributed by atoms with Gasteiger partial charge in [-0.3, -0.25) is 0 Å². The molecule has 0 aromatic rings. The van der Waals surface area contributed by atoms with Crippen molar-refractivity contribution in [3.05, 3.63) is 0 Å². The summed E-state index contributed by atoms with van der Waals surface area (Å²) in [5.41, 5.74) is 6.40. The molecule has 10 heavy (non-hydrogen) atoms. The zero-order valence-corrected chi connectivity index (χ0v) is 8.09. The number of thioether (sulfide) groups is 1. The molecule has 1 heterocycles. The molecule has 1 rings (SSSR count). The Labute approximate surface area is 67.8 Å². The Morgan fingerprint density at radius 1 is 1.30 bits per heavy atom. The Bertz CT molecular complexity index is 124. The highest BCUT2D eigenvalue weighted by Crippen LogP contribution is 2.46. The van der Waals surface area contributed by atoms with Crippen LogP contribution >= 0.6 is 11.8 Å². The fraction of sp³-hybridized carbons (Fsp3) is 1.00. The molecule has 1 aliphatic rings. The van der Waals surface area contributed by atoms with E-state index in [1.54, 1.807) is 0 Å². The van der Waals surface area contributed by atoms with E-state index in [2.05, 4.69) is 27.7 Å². The van der Waals surface area contributed by atoms with Gasteiger partial charge in [-0.05, 0) is 19.3 Å². The minimum absolute atomic E-state index is 0.281. The second-order valence-corrected chi connectivity index (χ2v) is 5.99. The summed E-state index contributed by atoms with van der Waals surface area (Å²) in [5.74, 6) is 1.20. The zero-order valence-electron chi connectivity index (χ0n) is 7.27. The van der Waals surface area contributed by atoms with E-state index in [-0.39, 0.29) is 4.75 Å². The van der Waals surface area contributed by atoms with Crippen LogP contribution in [0.3, 0.4) is 0 Å². The average Bonchev–Trinajstić information content (AvgIpc) is 1.95. The molecule has 1 fully saturated rings. The third-order valence-corrected chi connectivity index (χ3v) is 4.29. The van der Waals surface area contributed by atoms with Gasteiger partial charge in [0, 0.05) is 16.5 Å². The molecule has 1 unspecified atom stereocenters. The SMILES string of the molecule is CC1(C)CSC(C)(C)C1N. The molecule has 0 bridgehead atoms. The summed E-state index contributed by atoms with van der Waals surface area (Å²) >= 11 is 1.99. The second-order valence-electron chi connectivity index (χ2n) is 4.36. The Balaban J connectivity index is 2.77. The summed E-state index contributed by atoms with van der Waals surface area (Å²) in [6.07, 6.45) is 0. The van der Waals surface area contributed by atoms with E-state index in [9.17, 15) is 0 Å². The van der Waals surface area contributed by atoms with Gasteiger partial charge in [0.05, 0.1) is 0 Å². The zero-order chi connectivity index (χ0) is 7.99. The van der Waals surface area contributed by atoms with Gasteiger partial charge >= 0.3 is 0 Å². The van der Waals surface area contributed by atoms with Gasteiger partial charge in [0.2, 0.25) is 0 Å². The van der Waals surface area contributed by atoms with Gasteiger partial charge in [0.25, 0.3) is 0 Å². The third-order valence-electron chi connectivity index (χ3n) is 2.41. The number of hydrogen-bond donors (Lipinski definition) is 1. The van der Waals surface area contributed by atoms with Gasteiger partial charge in [-0.1, -0.05) is 13.8 Å². The maximum atomic E-state index is 6.07. The van der Waals surface area contributed by atoms with Crippen LogP contribution < -0.4 is 5.73 Å². The summed E-state index contributed by atoms with van der Waals surface area (Å²) in [4.78, 5) is 0. The first kappa shape index (κ1) is 8.41. The minimum Gasteiger partial charge on any atom is -0.326 e. The Kier molecular flexibility index (Phi) is 1.80. The molecule has 2 heteroatoms. The molecule has 1 aliphatic heterocycles. The first-order valence-electron chi connectivity index (χ1n) is 3.76. The summed E-state index contributed by atoms with van der Waals surface area (Å²) in [5, 5.41) is 0. The molecule has 0 saturated carbocycles. The second kappa shape index (κ2) is 2.15. The van der Waals surface area contributed by atoms with Crippen molar-refractivity contribution >= 4 is 11.8 Å².